The molecule has 0 unspecified atom stereocenters. The Kier molecular flexibility index (Phi) is 2.30. The van der Waals surface area contributed by atoms with Crippen molar-refractivity contribution in [3.63, 3.8) is 0 Å². The molecule has 1 aliphatic rings. The Morgan fingerprint density at radius 2 is 1.85 bits per heavy atom. The number of nitrogens with zero attached hydrogens (tertiary/aromatic N) is 3. The second kappa shape index (κ2) is 3.31. The molecule has 0 aliphatic heterocycles. The first-order valence-electron chi connectivity index (χ1n) is 4.10. The lowest BCUT2D eigenvalue weighted by Crippen LogP contribution is -2.21. The fourth-order valence-electron chi connectivity index (χ4n) is 1.16. The highest BCUT2D eigenvalue weighted by Gasteiger charge is 2.28. The molecule has 0 radical (unpaired) electrons. The van der Waals surface area contributed by atoms with Crippen LogP contribution in [0.5, 0.6) is 0 Å². The van der Waals surface area contributed by atoms with Crippen molar-refractivity contribution in [3.8, 4) is 0 Å². The van der Waals surface area contributed by atoms with Crippen molar-refractivity contribution in [3.05, 3.63) is 16.4 Å². The van der Waals surface area contributed by atoms with Crippen LogP contribution in [0.15, 0.2) is 6.07 Å². The van der Waals surface area contributed by atoms with Crippen molar-refractivity contribution in [2.24, 2.45) is 0 Å². The quantitative estimate of drug-likeness (QED) is 0.713. The molecular weight excluding hydrogens is 209 g/mol. The lowest BCUT2D eigenvalue weighted by molar-refractivity contribution is 0.861. The van der Waals surface area contributed by atoms with Gasteiger partial charge in [0.2, 0.25) is 5.95 Å². The van der Waals surface area contributed by atoms with Gasteiger partial charge >= 0.3 is 0 Å². The summed E-state index contributed by atoms with van der Waals surface area (Å²) in [6, 6.07) is 2.10. The van der Waals surface area contributed by atoms with Crippen LogP contribution in [0.4, 0.5) is 5.95 Å². The maximum Gasteiger partial charge on any atom is 0.228 e. The van der Waals surface area contributed by atoms with Crippen molar-refractivity contribution in [2.75, 3.05) is 11.9 Å². The Balaban J connectivity index is 2.27. The Morgan fingerprint density at radius 3 is 2.31 bits per heavy atom. The molecule has 1 saturated carbocycles. The van der Waals surface area contributed by atoms with Gasteiger partial charge in [0, 0.05) is 19.2 Å². The van der Waals surface area contributed by atoms with Gasteiger partial charge in [-0.05, 0) is 12.8 Å². The zero-order chi connectivity index (χ0) is 9.42. The number of halogens is 2. The number of hydrogen-bond acceptors (Lipinski definition) is 3. The SMILES string of the molecule is CN(c1nc(Cl)cc(Cl)n1)C1CC1. The number of anilines is 1. The van der Waals surface area contributed by atoms with Crippen LogP contribution in [-0.2, 0) is 0 Å². The van der Waals surface area contributed by atoms with Gasteiger partial charge in [-0.3, -0.25) is 0 Å². The molecule has 0 amide bonds. The zero-order valence-electron chi connectivity index (χ0n) is 7.17. The van der Waals surface area contributed by atoms with Crippen LogP contribution < -0.4 is 4.90 Å². The molecule has 0 spiro atoms. The van der Waals surface area contributed by atoms with E-state index in [-0.39, 0.29) is 0 Å². The average molecular weight is 218 g/mol. The van der Waals surface area contributed by atoms with E-state index in [1.807, 2.05) is 11.9 Å². The van der Waals surface area contributed by atoms with Crippen molar-refractivity contribution >= 4 is 29.2 Å². The van der Waals surface area contributed by atoms with E-state index in [4.69, 9.17) is 23.2 Å². The van der Waals surface area contributed by atoms with E-state index in [2.05, 4.69) is 9.97 Å². The van der Waals surface area contributed by atoms with Crippen LogP contribution in [0.1, 0.15) is 12.8 Å². The first-order valence-corrected chi connectivity index (χ1v) is 4.85. The summed E-state index contributed by atoms with van der Waals surface area (Å²) in [6.07, 6.45) is 2.40. The summed E-state index contributed by atoms with van der Waals surface area (Å²) in [5.41, 5.74) is 0. The van der Waals surface area contributed by atoms with Crippen LogP contribution in [0, 0.1) is 0 Å². The van der Waals surface area contributed by atoms with Gasteiger partial charge in [-0.1, -0.05) is 23.2 Å². The predicted octanol–water partition coefficient (Wildman–Crippen LogP) is 2.38. The van der Waals surface area contributed by atoms with Crippen LogP contribution in [0.25, 0.3) is 0 Å². The molecular formula is C8H9Cl2N3. The van der Waals surface area contributed by atoms with E-state index in [1.165, 1.54) is 18.9 Å². The zero-order valence-corrected chi connectivity index (χ0v) is 8.68. The molecule has 1 aliphatic carbocycles. The molecule has 0 saturated heterocycles. The molecule has 13 heavy (non-hydrogen) atoms. The second-order valence-electron chi connectivity index (χ2n) is 3.16. The summed E-state index contributed by atoms with van der Waals surface area (Å²) >= 11 is 11.5. The highest BCUT2D eigenvalue weighted by atomic mass is 35.5. The van der Waals surface area contributed by atoms with Crippen LogP contribution in [0.3, 0.4) is 0 Å². The molecule has 1 aromatic rings. The van der Waals surface area contributed by atoms with Gasteiger partial charge in [-0.25, -0.2) is 9.97 Å². The van der Waals surface area contributed by atoms with Gasteiger partial charge in [0.15, 0.2) is 0 Å². The summed E-state index contributed by atoms with van der Waals surface area (Å²) in [7, 11) is 1.96. The minimum absolute atomic E-state index is 0.391. The summed E-state index contributed by atoms with van der Waals surface area (Å²) in [6.45, 7) is 0. The molecule has 0 N–H and O–H groups in total. The minimum atomic E-state index is 0.391. The average Bonchev–Trinajstić information content (AvgIpc) is 2.83. The molecule has 1 fully saturated rings. The van der Waals surface area contributed by atoms with E-state index in [0.29, 0.717) is 22.3 Å². The third kappa shape index (κ3) is 2.03. The molecule has 0 bridgehead atoms. The standard InChI is InChI=1S/C8H9Cl2N3/c1-13(5-2-3-5)8-11-6(9)4-7(10)12-8/h4-5H,2-3H2,1H3. The number of aromatic nitrogens is 2. The molecule has 1 heterocycles. The fourth-order valence-corrected chi connectivity index (χ4v) is 1.58. The smallest absolute Gasteiger partial charge is 0.228 e. The Labute approximate surface area is 86.7 Å². The summed E-state index contributed by atoms with van der Waals surface area (Å²) in [5.74, 6) is 0.611. The van der Waals surface area contributed by atoms with Gasteiger partial charge in [0.25, 0.3) is 0 Å². The molecule has 70 valence electrons. The highest BCUT2D eigenvalue weighted by molar-refractivity contribution is 6.33. The van der Waals surface area contributed by atoms with Crippen LogP contribution in [-0.4, -0.2) is 23.1 Å². The molecule has 1 aromatic heterocycles. The van der Waals surface area contributed by atoms with Gasteiger partial charge in [-0.15, -0.1) is 0 Å². The summed E-state index contributed by atoms with van der Waals surface area (Å²) in [5, 5.41) is 0.782. The maximum atomic E-state index is 5.76. The van der Waals surface area contributed by atoms with E-state index in [9.17, 15) is 0 Å². The lowest BCUT2D eigenvalue weighted by Gasteiger charge is -2.15. The van der Waals surface area contributed by atoms with Crippen molar-refractivity contribution in [1.82, 2.24) is 9.97 Å². The van der Waals surface area contributed by atoms with Gasteiger partial charge in [0.05, 0.1) is 0 Å². The first kappa shape index (κ1) is 9.03. The molecule has 0 aromatic carbocycles. The van der Waals surface area contributed by atoms with E-state index in [1.54, 1.807) is 0 Å². The predicted molar refractivity (Wildman–Crippen MR) is 53.5 cm³/mol. The van der Waals surface area contributed by atoms with Crippen LogP contribution >= 0.6 is 23.2 Å². The third-order valence-corrected chi connectivity index (χ3v) is 2.45. The van der Waals surface area contributed by atoms with Gasteiger partial charge < -0.3 is 4.90 Å². The molecule has 3 nitrogen and oxygen atoms in total. The Morgan fingerprint density at radius 1 is 1.31 bits per heavy atom. The molecule has 2 rings (SSSR count). The van der Waals surface area contributed by atoms with E-state index in [0.717, 1.165) is 0 Å². The summed E-state index contributed by atoms with van der Waals surface area (Å²) < 4.78 is 0. The normalized spacial score (nSPS) is 15.9. The minimum Gasteiger partial charge on any atom is -0.341 e. The maximum absolute atomic E-state index is 5.76. The third-order valence-electron chi connectivity index (χ3n) is 2.06. The Hall–Kier alpha value is -0.540. The van der Waals surface area contributed by atoms with E-state index >= 15 is 0 Å². The Bertz CT molecular complexity index is 305. The molecule has 5 heteroatoms. The lowest BCUT2D eigenvalue weighted by atomic mass is 10.6. The monoisotopic (exact) mass is 217 g/mol. The first-order chi connectivity index (χ1) is 6.16. The van der Waals surface area contributed by atoms with Gasteiger partial charge in [0.1, 0.15) is 10.3 Å². The van der Waals surface area contributed by atoms with Crippen LogP contribution in [0.2, 0.25) is 10.3 Å². The summed E-state index contributed by atoms with van der Waals surface area (Å²) in [4.78, 5) is 10.2. The van der Waals surface area contributed by atoms with Gasteiger partial charge in [-0.2, -0.15) is 0 Å². The van der Waals surface area contributed by atoms with E-state index < -0.39 is 0 Å². The number of rotatable bonds is 2. The fraction of sp³-hybridized carbons (Fsp3) is 0.500. The van der Waals surface area contributed by atoms with Crippen molar-refractivity contribution in [1.29, 1.82) is 0 Å². The molecule has 0 atom stereocenters. The second-order valence-corrected chi connectivity index (χ2v) is 3.93. The van der Waals surface area contributed by atoms with Crippen molar-refractivity contribution < 1.29 is 0 Å². The highest BCUT2D eigenvalue weighted by Crippen LogP contribution is 2.29. The topological polar surface area (TPSA) is 29.0 Å². The van der Waals surface area contributed by atoms with Crippen molar-refractivity contribution in [2.45, 2.75) is 18.9 Å². The number of hydrogen-bond donors (Lipinski definition) is 0. The largest absolute Gasteiger partial charge is 0.341 e.